The van der Waals surface area contributed by atoms with Crippen molar-refractivity contribution in [2.24, 2.45) is 0 Å². The van der Waals surface area contributed by atoms with Crippen LogP contribution in [0.25, 0.3) is 0 Å². The second-order valence-electron chi connectivity index (χ2n) is 2.25. The van der Waals surface area contributed by atoms with E-state index in [0.29, 0.717) is 0 Å². The van der Waals surface area contributed by atoms with E-state index in [9.17, 15) is 4.57 Å². The molecule has 0 heterocycles. The molecule has 1 unspecified atom stereocenters. The summed E-state index contributed by atoms with van der Waals surface area (Å²) in [6.45, 7) is 0. The van der Waals surface area contributed by atoms with Crippen molar-refractivity contribution in [3.8, 4) is 0 Å². The first kappa shape index (κ1) is 10.5. The van der Waals surface area contributed by atoms with Gasteiger partial charge in [0.1, 0.15) is 0 Å². The number of hydrogen-bond donors (Lipinski definition) is 1. The van der Waals surface area contributed by atoms with Crippen LogP contribution < -0.4 is 0 Å². The van der Waals surface area contributed by atoms with Crippen LogP contribution in [0.3, 0.4) is 0 Å². The van der Waals surface area contributed by atoms with Crippen molar-refractivity contribution in [2.45, 2.75) is 5.32 Å². The molecule has 0 radical (unpaired) electrons. The average Bonchev–Trinajstić information content (AvgIpc) is 2.02. The molecule has 1 aromatic rings. The first-order chi connectivity index (χ1) is 5.58. The molecule has 0 aromatic heterocycles. The summed E-state index contributed by atoms with van der Waals surface area (Å²) in [6, 6.07) is 9.78. The van der Waals surface area contributed by atoms with Crippen LogP contribution in [0.1, 0.15) is 5.56 Å². The van der Waals surface area contributed by atoms with Crippen molar-refractivity contribution in [3.05, 3.63) is 35.9 Å². The van der Waals surface area contributed by atoms with Gasteiger partial charge < -0.3 is 0 Å². The third kappa shape index (κ3) is 4.47. The van der Waals surface area contributed by atoms with Crippen LogP contribution in [0, 0.1) is 0 Å². The Kier molecular flexibility index (Phi) is 4.05. The molecule has 2 nitrogen and oxygen atoms in total. The van der Waals surface area contributed by atoms with Gasteiger partial charge >= 0.3 is 85.5 Å². The molecule has 0 aliphatic carbocycles. The summed E-state index contributed by atoms with van der Waals surface area (Å²) in [6.07, 6.45) is 0. The number of rotatable bonds is 3. The normalized spacial score (nSPS) is 15.5. The van der Waals surface area contributed by atoms with E-state index in [2.05, 4.69) is 0 Å². The molecule has 0 amide bonds. The first-order valence-corrected chi connectivity index (χ1v) is 10.9. The Morgan fingerprint density at radius 3 is 2.50 bits per heavy atom. The first-order valence-electron chi connectivity index (χ1n) is 3.32. The summed E-state index contributed by atoms with van der Waals surface area (Å²) in [4.78, 5) is 9.03. The summed E-state index contributed by atoms with van der Waals surface area (Å²) in [5.74, 6) is 0. The molecule has 0 saturated carbocycles. The van der Waals surface area contributed by atoms with Crippen LogP contribution in [-0.2, 0) is 9.88 Å². The quantitative estimate of drug-likeness (QED) is 0.665. The van der Waals surface area contributed by atoms with Gasteiger partial charge in [-0.1, -0.05) is 0 Å². The second kappa shape index (κ2) is 4.62. The van der Waals surface area contributed by atoms with Crippen LogP contribution in [0.15, 0.2) is 30.3 Å². The fourth-order valence-electron chi connectivity index (χ4n) is 0.733. The molecule has 66 valence electrons. The van der Waals surface area contributed by atoms with Crippen molar-refractivity contribution in [2.75, 3.05) is 0 Å². The molecule has 1 aromatic carbocycles. The van der Waals surface area contributed by atoms with Crippen LogP contribution in [0.2, 0.25) is 0 Å². The Hall–Kier alpha value is 0.449. The summed E-state index contributed by atoms with van der Waals surface area (Å²) < 4.78 is 8.11. The van der Waals surface area contributed by atoms with Gasteiger partial charge in [-0.15, -0.1) is 0 Å². The van der Waals surface area contributed by atoms with Crippen molar-refractivity contribution in [1.82, 2.24) is 0 Å². The minimum atomic E-state index is -2.83. The molecule has 0 aliphatic heterocycles. The Bertz CT molecular complexity index is 283. The van der Waals surface area contributed by atoms with Gasteiger partial charge in [-0.25, -0.2) is 0 Å². The SMILES string of the molecule is O=P(O)([SeH])[Se]Cc1ccccc1. The maximum atomic E-state index is 10.9. The average molecular weight is 314 g/mol. The van der Waals surface area contributed by atoms with Gasteiger partial charge in [0.2, 0.25) is 0 Å². The predicted molar refractivity (Wildman–Crippen MR) is 52.9 cm³/mol. The number of benzene rings is 1. The fraction of sp³-hybridized carbons (Fsp3) is 0.143. The summed E-state index contributed by atoms with van der Waals surface area (Å²) in [5, 5.41) is 0.733. The molecular weight excluding hydrogens is 305 g/mol. The van der Waals surface area contributed by atoms with Gasteiger partial charge in [-0.05, 0) is 0 Å². The van der Waals surface area contributed by atoms with Crippen molar-refractivity contribution in [3.63, 3.8) is 0 Å². The van der Waals surface area contributed by atoms with Gasteiger partial charge in [0, 0.05) is 0 Å². The fourth-order valence-corrected chi connectivity index (χ4v) is 5.34. The Morgan fingerprint density at radius 1 is 1.42 bits per heavy atom. The molecule has 1 atom stereocenters. The molecular formula is C7H9O2PSe2. The summed E-state index contributed by atoms with van der Waals surface area (Å²) in [5.41, 5.74) is 1.14. The van der Waals surface area contributed by atoms with E-state index < -0.39 is 4.75 Å². The molecule has 0 saturated heterocycles. The molecule has 5 heteroatoms. The second-order valence-corrected chi connectivity index (χ2v) is 16.2. The monoisotopic (exact) mass is 316 g/mol. The standard InChI is InChI=1S/C7H9O2PSe2/c8-10(9,11)12-6-7-4-2-1-3-5-7/h1-5H,6H2,(H2,8,9,11). The van der Waals surface area contributed by atoms with E-state index in [1.54, 1.807) is 0 Å². The van der Waals surface area contributed by atoms with Gasteiger partial charge in [-0.2, -0.15) is 0 Å². The Balaban J connectivity index is 2.50. The van der Waals surface area contributed by atoms with Crippen LogP contribution in [-0.4, -0.2) is 35.0 Å². The maximum absolute atomic E-state index is 10.9. The van der Waals surface area contributed by atoms with E-state index >= 15 is 0 Å². The van der Waals surface area contributed by atoms with E-state index in [-0.39, 0.29) is 14.5 Å². The van der Waals surface area contributed by atoms with Gasteiger partial charge in [-0.3, -0.25) is 0 Å². The van der Waals surface area contributed by atoms with E-state index in [4.69, 9.17) is 4.89 Å². The van der Waals surface area contributed by atoms with Crippen LogP contribution in [0.4, 0.5) is 0 Å². The molecule has 0 bridgehead atoms. The minimum absolute atomic E-state index is 0.200. The molecule has 0 aliphatic rings. The Labute approximate surface area is 85.4 Å². The Morgan fingerprint density at radius 2 is 2.00 bits per heavy atom. The number of hydrogen-bond acceptors (Lipinski definition) is 1. The third-order valence-electron chi connectivity index (χ3n) is 1.24. The molecule has 0 fully saturated rings. The van der Waals surface area contributed by atoms with E-state index in [0.717, 1.165) is 10.9 Å². The van der Waals surface area contributed by atoms with Crippen molar-refractivity contribution < 1.29 is 9.46 Å². The zero-order valence-electron chi connectivity index (χ0n) is 6.25. The zero-order chi connectivity index (χ0) is 9.03. The molecule has 1 N–H and O–H groups in total. The van der Waals surface area contributed by atoms with Gasteiger partial charge in [0.05, 0.1) is 0 Å². The summed E-state index contributed by atoms with van der Waals surface area (Å²) in [7, 11) is 0. The van der Waals surface area contributed by atoms with Gasteiger partial charge in [0.15, 0.2) is 0 Å². The van der Waals surface area contributed by atoms with Crippen molar-refractivity contribution >= 4 is 34.8 Å². The topological polar surface area (TPSA) is 37.3 Å². The van der Waals surface area contributed by atoms with Crippen molar-refractivity contribution in [1.29, 1.82) is 0 Å². The van der Waals surface area contributed by atoms with Crippen LogP contribution in [0.5, 0.6) is 0 Å². The van der Waals surface area contributed by atoms with E-state index in [1.165, 1.54) is 0 Å². The van der Waals surface area contributed by atoms with Gasteiger partial charge in [0.25, 0.3) is 0 Å². The zero-order valence-corrected chi connectivity index (χ0v) is 10.7. The molecule has 12 heavy (non-hydrogen) atoms. The third-order valence-corrected chi connectivity index (χ3v) is 9.11. The van der Waals surface area contributed by atoms with E-state index in [1.807, 2.05) is 45.9 Å². The van der Waals surface area contributed by atoms with Crippen LogP contribution >= 0.6 is 4.75 Å². The predicted octanol–water partition coefficient (Wildman–Crippen LogP) is 0.892. The molecule has 0 spiro atoms. The summed E-state index contributed by atoms with van der Waals surface area (Å²) >= 11 is 1.68. The molecule has 1 rings (SSSR count).